The standard InChI is InChI=1S/C32H41N3O4/c1-7-8-11-19-35(30(37)23(3)33-31(38)39-32(4,5)6)28(26-16-12-13-22(2)20-26)29(36)34-27-18-17-24-14-9-10-15-25(24)21-27/h9-10,12-18,20-21,23,28H,7-8,11,19H2,1-6H3,(H,33,38)(H,34,36). The lowest BCUT2D eigenvalue weighted by atomic mass is 10.00. The Morgan fingerprint density at radius 1 is 0.923 bits per heavy atom. The average Bonchev–Trinajstić information content (AvgIpc) is 2.86. The van der Waals surface area contributed by atoms with Gasteiger partial charge in [0.2, 0.25) is 5.91 Å². The Balaban J connectivity index is 1.95. The molecule has 2 N–H and O–H groups in total. The molecule has 3 aromatic carbocycles. The van der Waals surface area contributed by atoms with Crippen LogP contribution >= 0.6 is 0 Å². The van der Waals surface area contributed by atoms with Gasteiger partial charge in [-0.1, -0.05) is 79.9 Å². The Hall–Kier alpha value is -3.87. The lowest BCUT2D eigenvalue weighted by Gasteiger charge is -2.34. The van der Waals surface area contributed by atoms with Crippen LogP contribution in [-0.4, -0.2) is 41.0 Å². The molecule has 0 aliphatic rings. The molecule has 0 saturated carbocycles. The van der Waals surface area contributed by atoms with Crippen molar-refractivity contribution in [3.63, 3.8) is 0 Å². The number of hydrogen-bond acceptors (Lipinski definition) is 4. The highest BCUT2D eigenvalue weighted by molar-refractivity contribution is 6.00. The van der Waals surface area contributed by atoms with Crippen LogP contribution in [0.3, 0.4) is 0 Å². The number of carbonyl (C=O) groups excluding carboxylic acids is 3. The zero-order valence-corrected chi connectivity index (χ0v) is 23.9. The van der Waals surface area contributed by atoms with E-state index in [0.717, 1.165) is 35.6 Å². The summed E-state index contributed by atoms with van der Waals surface area (Å²) in [6, 6.07) is 19.6. The van der Waals surface area contributed by atoms with Crippen LogP contribution in [0.2, 0.25) is 0 Å². The van der Waals surface area contributed by atoms with Gasteiger partial charge < -0.3 is 20.3 Å². The summed E-state index contributed by atoms with van der Waals surface area (Å²) < 4.78 is 5.36. The second kappa shape index (κ2) is 13.3. The monoisotopic (exact) mass is 531 g/mol. The summed E-state index contributed by atoms with van der Waals surface area (Å²) in [5, 5.41) is 7.77. The number of amides is 3. The minimum Gasteiger partial charge on any atom is -0.444 e. The quantitative estimate of drug-likeness (QED) is 0.283. The molecule has 2 atom stereocenters. The number of alkyl carbamates (subject to hydrolysis) is 1. The molecule has 0 heterocycles. The first-order valence-corrected chi connectivity index (χ1v) is 13.6. The lowest BCUT2D eigenvalue weighted by Crippen LogP contribution is -2.51. The van der Waals surface area contributed by atoms with Crippen molar-refractivity contribution in [2.24, 2.45) is 0 Å². The molecule has 208 valence electrons. The van der Waals surface area contributed by atoms with Gasteiger partial charge in [0.25, 0.3) is 5.91 Å². The largest absolute Gasteiger partial charge is 0.444 e. The van der Waals surface area contributed by atoms with Gasteiger partial charge in [-0.3, -0.25) is 9.59 Å². The predicted molar refractivity (Wildman–Crippen MR) is 157 cm³/mol. The Kier molecular flexibility index (Phi) is 10.1. The minimum atomic E-state index is -0.887. The number of fused-ring (bicyclic) bond motifs is 1. The number of hydrogen-bond donors (Lipinski definition) is 2. The minimum absolute atomic E-state index is 0.315. The van der Waals surface area contributed by atoms with E-state index < -0.39 is 23.8 Å². The van der Waals surface area contributed by atoms with Crippen molar-refractivity contribution in [3.8, 4) is 0 Å². The molecule has 7 heteroatoms. The van der Waals surface area contributed by atoms with Gasteiger partial charge >= 0.3 is 6.09 Å². The maximum absolute atomic E-state index is 14.0. The molecule has 0 spiro atoms. The number of carbonyl (C=O) groups is 3. The fraction of sp³-hybridized carbons (Fsp3) is 0.406. The molecular weight excluding hydrogens is 490 g/mol. The molecule has 7 nitrogen and oxygen atoms in total. The van der Waals surface area contributed by atoms with E-state index in [1.54, 1.807) is 32.6 Å². The molecule has 0 aliphatic heterocycles. The predicted octanol–water partition coefficient (Wildman–Crippen LogP) is 6.76. The second-order valence-electron chi connectivity index (χ2n) is 11.0. The van der Waals surface area contributed by atoms with Gasteiger partial charge in [0, 0.05) is 12.2 Å². The van der Waals surface area contributed by atoms with Gasteiger partial charge in [0.15, 0.2) is 0 Å². The van der Waals surface area contributed by atoms with Crippen molar-refractivity contribution in [1.29, 1.82) is 0 Å². The second-order valence-corrected chi connectivity index (χ2v) is 11.0. The maximum atomic E-state index is 14.0. The smallest absolute Gasteiger partial charge is 0.408 e. The van der Waals surface area contributed by atoms with Gasteiger partial charge in [-0.15, -0.1) is 0 Å². The molecular formula is C32H41N3O4. The van der Waals surface area contributed by atoms with Crippen LogP contribution in [0.4, 0.5) is 10.5 Å². The van der Waals surface area contributed by atoms with E-state index in [1.807, 2.05) is 73.7 Å². The number of rotatable bonds is 10. The fourth-order valence-electron chi connectivity index (χ4n) is 4.48. The summed E-state index contributed by atoms with van der Waals surface area (Å²) in [6.07, 6.45) is 1.92. The van der Waals surface area contributed by atoms with E-state index in [4.69, 9.17) is 4.74 Å². The first kappa shape index (κ1) is 29.7. The molecule has 0 bridgehead atoms. The first-order chi connectivity index (χ1) is 18.5. The topological polar surface area (TPSA) is 87.7 Å². The van der Waals surface area contributed by atoms with Crippen LogP contribution in [0.25, 0.3) is 10.8 Å². The molecule has 0 saturated heterocycles. The van der Waals surface area contributed by atoms with E-state index in [-0.39, 0.29) is 11.8 Å². The van der Waals surface area contributed by atoms with E-state index in [9.17, 15) is 14.4 Å². The summed E-state index contributed by atoms with van der Waals surface area (Å²) in [5.74, 6) is -0.665. The molecule has 0 aromatic heterocycles. The van der Waals surface area contributed by atoms with Crippen molar-refractivity contribution >= 4 is 34.4 Å². The molecule has 2 unspecified atom stereocenters. The number of aryl methyl sites for hydroxylation is 1. The summed E-state index contributed by atoms with van der Waals surface area (Å²) in [7, 11) is 0. The first-order valence-electron chi connectivity index (χ1n) is 13.6. The molecule has 3 aromatic rings. The SMILES string of the molecule is CCCCCN(C(=O)C(C)NC(=O)OC(C)(C)C)C(C(=O)Nc1ccc2ccccc2c1)c1cccc(C)c1. The van der Waals surface area contributed by atoms with E-state index in [1.165, 1.54) is 0 Å². The summed E-state index contributed by atoms with van der Waals surface area (Å²) >= 11 is 0. The number of ether oxygens (including phenoxy) is 1. The third-order valence-electron chi connectivity index (χ3n) is 6.32. The lowest BCUT2D eigenvalue weighted by molar-refractivity contribution is -0.140. The summed E-state index contributed by atoms with van der Waals surface area (Å²) in [5.41, 5.74) is 1.65. The van der Waals surface area contributed by atoms with Crippen LogP contribution in [0.1, 0.15) is 71.0 Å². The zero-order chi connectivity index (χ0) is 28.6. The van der Waals surface area contributed by atoms with Gasteiger partial charge in [0.05, 0.1) is 0 Å². The molecule has 0 fully saturated rings. The van der Waals surface area contributed by atoms with Crippen LogP contribution < -0.4 is 10.6 Å². The Morgan fingerprint density at radius 3 is 2.31 bits per heavy atom. The van der Waals surface area contributed by atoms with Crippen LogP contribution in [-0.2, 0) is 14.3 Å². The van der Waals surface area contributed by atoms with Gasteiger partial charge in [0.1, 0.15) is 17.7 Å². The van der Waals surface area contributed by atoms with Crippen molar-refractivity contribution < 1.29 is 19.1 Å². The van der Waals surface area contributed by atoms with E-state index >= 15 is 0 Å². The Morgan fingerprint density at radius 2 is 1.64 bits per heavy atom. The Labute approximate surface area is 231 Å². The van der Waals surface area contributed by atoms with Gasteiger partial charge in [-0.2, -0.15) is 0 Å². The van der Waals surface area contributed by atoms with Gasteiger partial charge in [-0.25, -0.2) is 4.79 Å². The third kappa shape index (κ3) is 8.57. The molecule has 3 rings (SSSR count). The number of unbranched alkanes of at least 4 members (excludes halogenated alkanes) is 2. The number of nitrogens with one attached hydrogen (secondary N) is 2. The third-order valence-corrected chi connectivity index (χ3v) is 6.32. The highest BCUT2D eigenvalue weighted by Crippen LogP contribution is 2.27. The van der Waals surface area contributed by atoms with Crippen LogP contribution in [0.5, 0.6) is 0 Å². The Bertz CT molecular complexity index is 1300. The number of benzene rings is 3. The van der Waals surface area contributed by atoms with Crippen molar-refractivity contribution in [2.75, 3.05) is 11.9 Å². The van der Waals surface area contributed by atoms with E-state index in [2.05, 4.69) is 17.6 Å². The fourth-order valence-corrected chi connectivity index (χ4v) is 4.48. The normalized spacial score (nSPS) is 12.9. The van der Waals surface area contributed by atoms with Crippen LogP contribution in [0.15, 0.2) is 66.7 Å². The van der Waals surface area contributed by atoms with Crippen molar-refractivity contribution in [3.05, 3.63) is 77.9 Å². The summed E-state index contributed by atoms with van der Waals surface area (Å²) in [6.45, 7) is 11.3. The van der Waals surface area contributed by atoms with Crippen LogP contribution in [0, 0.1) is 6.92 Å². The maximum Gasteiger partial charge on any atom is 0.408 e. The van der Waals surface area contributed by atoms with E-state index in [0.29, 0.717) is 17.8 Å². The highest BCUT2D eigenvalue weighted by atomic mass is 16.6. The average molecular weight is 532 g/mol. The number of nitrogens with zero attached hydrogens (tertiary/aromatic N) is 1. The highest BCUT2D eigenvalue weighted by Gasteiger charge is 2.34. The number of anilines is 1. The van der Waals surface area contributed by atoms with Gasteiger partial charge in [-0.05, 0) is 69.5 Å². The molecule has 0 aliphatic carbocycles. The zero-order valence-electron chi connectivity index (χ0n) is 23.9. The molecule has 3 amide bonds. The van der Waals surface area contributed by atoms with Crippen molar-refractivity contribution in [1.82, 2.24) is 10.2 Å². The molecule has 0 radical (unpaired) electrons. The van der Waals surface area contributed by atoms with Crippen molar-refractivity contribution in [2.45, 2.75) is 78.5 Å². The molecule has 39 heavy (non-hydrogen) atoms. The summed E-state index contributed by atoms with van der Waals surface area (Å²) in [4.78, 5) is 41.8.